The zero-order chi connectivity index (χ0) is 14.8. The van der Waals surface area contributed by atoms with Crippen LogP contribution in [0.5, 0.6) is 0 Å². The molecule has 0 amide bonds. The van der Waals surface area contributed by atoms with Gasteiger partial charge in [-0.25, -0.2) is 17.9 Å². The summed E-state index contributed by atoms with van der Waals surface area (Å²) in [4.78, 5) is 9.94. The molecule has 1 atom stereocenters. The Morgan fingerprint density at radius 1 is 1.26 bits per heavy atom. The highest BCUT2D eigenvalue weighted by Crippen LogP contribution is 2.32. The summed E-state index contributed by atoms with van der Waals surface area (Å²) in [5.41, 5.74) is 0. The summed E-state index contributed by atoms with van der Waals surface area (Å²) in [5, 5.41) is 17.2. The van der Waals surface area contributed by atoms with E-state index in [0.29, 0.717) is 0 Å². The summed E-state index contributed by atoms with van der Waals surface area (Å²) in [5.74, 6) is -1.56. The molecule has 0 aromatic heterocycles. The Bertz CT molecular complexity index is 581. The van der Waals surface area contributed by atoms with E-state index in [-0.39, 0.29) is 15.1 Å². The van der Waals surface area contributed by atoms with Gasteiger partial charge in [0.05, 0.1) is 10.0 Å². The van der Waals surface area contributed by atoms with Gasteiger partial charge in [-0.15, -0.1) is 0 Å². The van der Waals surface area contributed by atoms with E-state index >= 15 is 0 Å². The molecule has 0 aliphatic rings. The first-order valence-corrected chi connectivity index (χ1v) is 7.32. The van der Waals surface area contributed by atoms with Gasteiger partial charge in [0.15, 0.2) is 6.10 Å². The molecule has 0 radical (unpaired) electrons. The van der Waals surface area contributed by atoms with Gasteiger partial charge >= 0.3 is 5.97 Å². The first kappa shape index (κ1) is 16.5. The Kier molecular flexibility index (Phi) is 5.43. The lowest BCUT2D eigenvalue weighted by Gasteiger charge is -2.11. The fourth-order valence-electron chi connectivity index (χ4n) is 1.13. The molecule has 0 aliphatic carbocycles. The van der Waals surface area contributed by atoms with Gasteiger partial charge in [-0.2, -0.15) is 0 Å². The fourth-order valence-corrected chi connectivity index (χ4v) is 3.71. The lowest BCUT2D eigenvalue weighted by Crippen LogP contribution is -2.36. The number of benzene rings is 1. The summed E-state index contributed by atoms with van der Waals surface area (Å²) in [7, 11) is -4.16. The minimum atomic E-state index is -4.16. The third-order valence-electron chi connectivity index (χ3n) is 1.98. The van der Waals surface area contributed by atoms with Crippen LogP contribution in [0.4, 0.5) is 0 Å². The van der Waals surface area contributed by atoms with Crippen LogP contribution in [-0.2, 0) is 14.8 Å². The number of aliphatic hydroxyl groups is 1. The molecule has 0 spiro atoms. The molecule has 0 fully saturated rings. The molecule has 106 valence electrons. The molecule has 0 heterocycles. The average molecular weight is 349 g/mol. The second kappa shape index (κ2) is 6.25. The number of aliphatic hydroxyl groups excluding tert-OH is 1. The molecule has 0 bridgehead atoms. The number of aliphatic carboxylic acids is 1. The van der Waals surface area contributed by atoms with Crippen LogP contribution in [0.15, 0.2) is 17.0 Å². The normalized spacial score (nSPS) is 13.3. The molecular formula is C9H8Cl3NO5S. The van der Waals surface area contributed by atoms with Crippen LogP contribution in [0.25, 0.3) is 0 Å². The molecule has 1 aromatic rings. The Morgan fingerprint density at radius 3 is 2.16 bits per heavy atom. The van der Waals surface area contributed by atoms with Crippen molar-refractivity contribution in [3.8, 4) is 0 Å². The second-order valence-corrected chi connectivity index (χ2v) is 6.36. The topological polar surface area (TPSA) is 104 Å². The number of carbonyl (C=O) groups is 1. The van der Waals surface area contributed by atoms with Gasteiger partial charge in [-0.3, -0.25) is 0 Å². The molecule has 3 N–H and O–H groups in total. The monoisotopic (exact) mass is 347 g/mol. The summed E-state index contributed by atoms with van der Waals surface area (Å²) < 4.78 is 25.7. The van der Waals surface area contributed by atoms with Crippen LogP contribution in [0, 0.1) is 0 Å². The van der Waals surface area contributed by atoms with Crippen molar-refractivity contribution in [3.05, 3.63) is 27.2 Å². The zero-order valence-electron chi connectivity index (χ0n) is 9.10. The maximum absolute atomic E-state index is 11.9. The minimum absolute atomic E-state index is 0.152. The Hall–Kier alpha value is -0.570. The van der Waals surface area contributed by atoms with Crippen LogP contribution < -0.4 is 4.72 Å². The number of carboxylic acid groups (broad SMARTS) is 1. The Morgan fingerprint density at radius 2 is 1.74 bits per heavy atom. The summed E-state index contributed by atoms with van der Waals surface area (Å²) >= 11 is 17.1. The number of carboxylic acids is 1. The largest absolute Gasteiger partial charge is 0.479 e. The highest BCUT2D eigenvalue weighted by atomic mass is 35.5. The number of nitrogens with one attached hydrogen (secondary N) is 1. The summed E-state index contributed by atoms with van der Waals surface area (Å²) in [6, 6.07) is 2.36. The molecule has 0 saturated heterocycles. The quantitative estimate of drug-likeness (QED) is 0.745. The fraction of sp³-hybridized carbons (Fsp3) is 0.222. The predicted octanol–water partition coefficient (Wildman–Crippen LogP) is 1.37. The third-order valence-corrected chi connectivity index (χ3v) is 4.55. The standard InChI is InChI=1S/C9H8Cl3NO5S/c10-4-1-5(11)8(6(12)2-4)19(17,18)13-3-7(14)9(15)16/h1-2,7,13-14H,3H2,(H,15,16). The number of rotatable bonds is 5. The number of halogens is 3. The maximum atomic E-state index is 11.9. The van der Waals surface area contributed by atoms with Crippen molar-refractivity contribution in [2.75, 3.05) is 6.54 Å². The first-order chi connectivity index (χ1) is 8.65. The van der Waals surface area contributed by atoms with Crippen molar-refractivity contribution in [2.24, 2.45) is 0 Å². The molecular weight excluding hydrogens is 341 g/mol. The van der Waals surface area contributed by atoms with Gasteiger partial charge in [-0.05, 0) is 12.1 Å². The van der Waals surface area contributed by atoms with Crippen molar-refractivity contribution in [1.29, 1.82) is 0 Å². The second-order valence-electron chi connectivity index (χ2n) is 3.40. The molecule has 10 heteroatoms. The van der Waals surface area contributed by atoms with Crippen LogP contribution >= 0.6 is 34.8 Å². The maximum Gasteiger partial charge on any atom is 0.333 e. The molecule has 1 aromatic carbocycles. The zero-order valence-corrected chi connectivity index (χ0v) is 12.2. The van der Waals surface area contributed by atoms with Crippen molar-refractivity contribution in [1.82, 2.24) is 4.72 Å². The van der Waals surface area contributed by atoms with E-state index in [1.807, 2.05) is 4.72 Å². The molecule has 19 heavy (non-hydrogen) atoms. The highest BCUT2D eigenvalue weighted by Gasteiger charge is 2.24. The lowest BCUT2D eigenvalue weighted by atomic mass is 10.4. The highest BCUT2D eigenvalue weighted by molar-refractivity contribution is 7.89. The Labute approximate surface area is 123 Å². The van der Waals surface area contributed by atoms with Gasteiger partial charge < -0.3 is 10.2 Å². The Balaban J connectivity index is 3.05. The molecule has 6 nitrogen and oxygen atoms in total. The SMILES string of the molecule is O=C(O)C(O)CNS(=O)(=O)c1c(Cl)cc(Cl)cc1Cl. The van der Waals surface area contributed by atoms with Crippen LogP contribution in [-0.4, -0.2) is 37.2 Å². The first-order valence-electron chi connectivity index (χ1n) is 4.70. The van der Waals surface area contributed by atoms with Gasteiger partial charge in [-0.1, -0.05) is 34.8 Å². The van der Waals surface area contributed by atoms with Crippen LogP contribution in [0.3, 0.4) is 0 Å². The molecule has 0 saturated carbocycles. The number of hydrogen-bond acceptors (Lipinski definition) is 4. The van der Waals surface area contributed by atoms with E-state index in [4.69, 9.17) is 45.0 Å². The van der Waals surface area contributed by atoms with Crippen molar-refractivity contribution >= 4 is 50.8 Å². The van der Waals surface area contributed by atoms with Crippen molar-refractivity contribution < 1.29 is 23.4 Å². The van der Waals surface area contributed by atoms with E-state index < -0.39 is 33.5 Å². The van der Waals surface area contributed by atoms with Gasteiger partial charge in [0.1, 0.15) is 4.90 Å². The van der Waals surface area contributed by atoms with Gasteiger partial charge in [0.25, 0.3) is 0 Å². The number of sulfonamides is 1. The van der Waals surface area contributed by atoms with Crippen LogP contribution in [0.2, 0.25) is 15.1 Å². The van der Waals surface area contributed by atoms with Gasteiger partial charge in [0, 0.05) is 11.6 Å². The number of hydrogen-bond donors (Lipinski definition) is 3. The molecule has 1 rings (SSSR count). The predicted molar refractivity (Wildman–Crippen MR) is 70.3 cm³/mol. The van der Waals surface area contributed by atoms with E-state index in [9.17, 15) is 13.2 Å². The minimum Gasteiger partial charge on any atom is -0.479 e. The van der Waals surface area contributed by atoms with Crippen molar-refractivity contribution in [3.63, 3.8) is 0 Å². The lowest BCUT2D eigenvalue weighted by molar-refractivity contribution is -0.146. The third kappa shape index (κ3) is 4.20. The molecule has 0 aliphatic heterocycles. The van der Waals surface area contributed by atoms with Gasteiger partial charge in [0.2, 0.25) is 10.0 Å². The van der Waals surface area contributed by atoms with Crippen molar-refractivity contribution in [2.45, 2.75) is 11.0 Å². The average Bonchev–Trinajstić information content (AvgIpc) is 2.23. The summed E-state index contributed by atoms with van der Waals surface area (Å²) in [6.07, 6.45) is -1.88. The van der Waals surface area contributed by atoms with E-state index in [2.05, 4.69) is 0 Å². The van der Waals surface area contributed by atoms with E-state index in [1.165, 1.54) is 12.1 Å². The summed E-state index contributed by atoms with van der Waals surface area (Å²) in [6.45, 7) is -0.715. The van der Waals surface area contributed by atoms with E-state index in [0.717, 1.165) is 0 Å². The molecule has 1 unspecified atom stereocenters. The van der Waals surface area contributed by atoms with Crippen LogP contribution in [0.1, 0.15) is 0 Å². The smallest absolute Gasteiger partial charge is 0.333 e. The van der Waals surface area contributed by atoms with E-state index in [1.54, 1.807) is 0 Å².